The highest BCUT2D eigenvalue weighted by atomic mass is 32.2. The van der Waals surface area contributed by atoms with E-state index in [-0.39, 0.29) is 23.1 Å². The molecule has 6 rings (SSSR count). The Bertz CT molecular complexity index is 1860. The number of H-pyrrole nitrogens is 2. The first-order valence-corrected chi connectivity index (χ1v) is 16.4. The van der Waals surface area contributed by atoms with Crippen LogP contribution in [0.1, 0.15) is 62.4 Å². The molecule has 0 amide bonds. The first kappa shape index (κ1) is 30.9. The Kier molecular flexibility index (Phi) is 8.48. The van der Waals surface area contributed by atoms with Crippen LogP contribution in [0.5, 0.6) is 11.5 Å². The monoisotopic (exact) mass is 629 g/mol. The summed E-state index contributed by atoms with van der Waals surface area (Å²) in [5.74, 6) is 0.714. The van der Waals surface area contributed by atoms with Crippen molar-refractivity contribution in [2.75, 3.05) is 11.5 Å². The van der Waals surface area contributed by atoms with Gasteiger partial charge in [-0.2, -0.15) is 11.8 Å². The molecule has 234 valence electrons. The zero-order valence-electron chi connectivity index (χ0n) is 25.7. The average Bonchev–Trinajstić information content (AvgIpc) is 3.69. The van der Waals surface area contributed by atoms with E-state index in [2.05, 4.69) is 42.9 Å². The molecule has 1 aliphatic heterocycles. The Morgan fingerprint density at radius 3 is 2.71 bits per heavy atom. The number of rotatable bonds is 4. The van der Waals surface area contributed by atoms with Gasteiger partial charge in [-0.15, -0.1) is 0 Å². The summed E-state index contributed by atoms with van der Waals surface area (Å²) in [6.45, 7) is 6.67. The van der Waals surface area contributed by atoms with Gasteiger partial charge in [-0.1, -0.05) is 38.1 Å². The number of ether oxygens (including phenoxy) is 1. The second-order valence-corrected chi connectivity index (χ2v) is 14.0. The molecule has 3 N–H and O–H groups in total. The number of nitrogens with one attached hydrogen (secondary N) is 2. The number of hydrogen-bond donors (Lipinski definition) is 3. The fraction of sp³-hybridized carbons (Fsp3) is 0.333. The van der Waals surface area contributed by atoms with Crippen molar-refractivity contribution in [1.82, 2.24) is 15.0 Å². The normalized spacial score (nSPS) is 18.6. The van der Waals surface area contributed by atoms with E-state index in [4.69, 9.17) is 9.72 Å². The summed E-state index contributed by atoms with van der Waals surface area (Å²) in [4.78, 5) is 22.5. The summed E-state index contributed by atoms with van der Waals surface area (Å²) in [6, 6.07) is 15.8. The lowest BCUT2D eigenvalue weighted by molar-refractivity contribution is -0.136. The van der Waals surface area contributed by atoms with E-state index in [0.717, 1.165) is 52.1 Å². The summed E-state index contributed by atoms with van der Waals surface area (Å²) >= 11 is 1.84. The highest BCUT2D eigenvalue weighted by Crippen LogP contribution is 2.42. The topological polar surface area (TPSA) is 91.0 Å². The number of aryl methyl sites for hydroxylation is 2. The van der Waals surface area contributed by atoms with Crippen molar-refractivity contribution in [3.63, 3.8) is 0 Å². The molecule has 0 saturated carbocycles. The smallest absolute Gasteiger partial charge is 0.303 e. The minimum absolute atomic E-state index is 0.0245. The van der Waals surface area contributed by atoms with Gasteiger partial charge in [-0.3, -0.25) is 4.79 Å². The highest BCUT2D eigenvalue weighted by Gasteiger charge is 2.34. The van der Waals surface area contributed by atoms with E-state index in [1.165, 1.54) is 18.2 Å². The molecule has 4 bridgehead atoms. The predicted octanol–water partition coefficient (Wildman–Crippen LogP) is 9.05. The van der Waals surface area contributed by atoms with Gasteiger partial charge in [-0.25, -0.2) is 13.8 Å². The molecular weight excluding hydrogens is 592 g/mol. The number of aliphatic carboxylic acids is 1. The molecule has 0 aliphatic carbocycles. The average molecular weight is 630 g/mol. The third kappa shape index (κ3) is 6.50. The quantitative estimate of drug-likeness (QED) is 0.185. The molecule has 45 heavy (non-hydrogen) atoms. The van der Waals surface area contributed by atoms with Crippen LogP contribution in [0.2, 0.25) is 0 Å². The van der Waals surface area contributed by atoms with E-state index in [1.807, 2.05) is 36.2 Å². The lowest BCUT2D eigenvalue weighted by atomic mass is 9.72. The summed E-state index contributed by atoms with van der Waals surface area (Å²) in [5, 5.41) is 10.2. The molecule has 1 atom stereocenters. The molecule has 0 fully saturated rings. The van der Waals surface area contributed by atoms with Gasteiger partial charge in [0, 0.05) is 46.8 Å². The van der Waals surface area contributed by atoms with Gasteiger partial charge < -0.3 is 19.8 Å². The number of halogens is 2. The van der Waals surface area contributed by atoms with Crippen LogP contribution < -0.4 is 4.74 Å². The molecule has 1 aliphatic rings. The van der Waals surface area contributed by atoms with Gasteiger partial charge in [0.15, 0.2) is 11.6 Å². The number of hydrogen-bond acceptors (Lipinski definition) is 4. The molecule has 6 nitrogen and oxygen atoms in total. The molecule has 2 aromatic heterocycles. The van der Waals surface area contributed by atoms with Crippen LogP contribution in [0.3, 0.4) is 0 Å². The van der Waals surface area contributed by atoms with Crippen molar-refractivity contribution in [2.45, 2.75) is 58.3 Å². The number of fused-ring (bicyclic) bond motifs is 8. The standard InChI is InChI=1S/C36H37F2N3O3S/c1-35(2)13-14-36(3,23-6-4-5-22(17-23)7-10-32(42)43)31-20-40-34(41-31)27-18-24(8-9-28(27)37)44-33-26(12-16-45-21-35)25-11-15-39-30(25)19-29(33)38/h4-6,8-9,11,15,17-20,39H,7,10,12-14,16,21H2,1-3H3,(H,40,41)(H,42,43). The number of imidazole rings is 1. The molecular formula is C36H37F2N3O3S. The van der Waals surface area contributed by atoms with Crippen LogP contribution in [0.15, 0.2) is 67.0 Å². The third-order valence-corrected chi connectivity index (χ3v) is 10.4. The Morgan fingerprint density at radius 1 is 1.04 bits per heavy atom. The Hall–Kier alpha value is -4.11. The van der Waals surface area contributed by atoms with Crippen LogP contribution in [-0.2, 0) is 23.1 Å². The van der Waals surface area contributed by atoms with E-state index in [0.29, 0.717) is 29.9 Å². The second-order valence-electron chi connectivity index (χ2n) is 12.9. The summed E-state index contributed by atoms with van der Waals surface area (Å²) in [5.41, 5.74) is 3.89. The number of carbonyl (C=O) groups is 1. The van der Waals surface area contributed by atoms with Gasteiger partial charge in [-0.05, 0) is 84.9 Å². The Balaban J connectivity index is 1.44. The minimum Gasteiger partial charge on any atom is -0.481 e. The predicted molar refractivity (Wildman–Crippen MR) is 175 cm³/mol. The minimum atomic E-state index is -0.833. The van der Waals surface area contributed by atoms with E-state index in [9.17, 15) is 9.90 Å². The molecule has 0 spiro atoms. The van der Waals surface area contributed by atoms with Gasteiger partial charge in [0.05, 0.1) is 11.3 Å². The fourth-order valence-electron chi connectivity index (χ4n) is 6.12. The molecule has 3 aromatic carbocycles. The number of carboxylic acids is 1. The van der Waals surface area contributed by atoms with Crippen LogP contribution in [0, 0.1) is 17.0 Å². The zero-order chi connectivity index (χ0) is 31.8. The van der Waals surface area contributed by atoms with Crippen molar-refractivity contribution in [3.8, 4) is 22.9 Å². The molecule has 0 saturated heterocycles. The van der Waals surface area contributed by atoms with Crippen molar-refractivity contribution < 1.29 is 23.4 Å². The lowest BCUT2D eigenvalue weighted by Crippen LogP contribution is -2.28. The van der Waals surface area contributed by atoms with Crippen LogP contribution in [0.4, 0.5) is 8.78 Å². The first-order valence-electron chi connectivity index (χ1n) is 15.2. The summed E-state index contributed by atoms with van der Waals surface area (Å²) < 4.78 is 37.0. The maximum Gasteiger partial charge on any atom is 0.303 e. The number of aromatic nitrogens is 3. The van der Waals surface area contributed by atoms with Gasteiger partial charge in [0.1, 0.15) is 17.4 Å². The summed E-state index contributed by atoms with van der Waals surface area (Å²) in [6.07, 6.45) is 6.38. The second kappa shape index (κ2) is 12.4. The van der Waals surface area contributed by atoms with Crippen LogP contribution in [-0.4, -0.2) is 37.5 Å². The molecule has 9 heteroatoms. The van der Waals surface area contributed by atoms with Crippen molar-refractivity contribution in [3.05, 3.63) is 101 Å². The molecule has 3 heterocycles. The maximum atomic E-state index is 15.5. The number of benzene rings is 3. The van der Waals surface area contributed by atoms with Crippen molar-refractivity contribution in [2.24, 2.45) is 5.41 Å². The molecule has 5 aromatic rings. The molecule has 0 radical (unpaired) electrons. The Labute approximate surface area is 265 Å². The van der Waals surface area contributed by atoms with Gasteiger partial charge in [0.25, 0.3) is 0 Å². The van der Waals surface area contributed by atoms with Gasteiger partial charge >= 0.3 is 5.97 Å². The van der Waals surface area contributed by atoms with Crippen molar-refractivity contribution >= 4 is 28.6 Å². The number of carboxylic acid groups (broad SMARTS) is 1. The first-order chi connectivity index (χ1) is 21.5. The number of nitrogens with zero attached hydrogens (tertiary/aromatic N) is 1. The SMILES string of the molecule is CC1(C)CCC(C)(c2cccc(CCC(=O)O)c2)c2c[nH]c(n2)-c2cc(ccc2F)Oc2c(F)cc3[nH]ccc3c2CCSC1. The largest absolute Gasteiger partial charge is 0.481 e. The highest BCUT2D eigenvalue weighted by molar-refractivity contribution is 7.99. The fourth-order valence-corrected chi connectivity index (χ4v) is 7.31. The van der Waals surface area contributed by atoms with E-state index in [1.54, 1.807) is 12.3 Å². The maximum absolute atomic E-state index is 15.5. The summed E-state index contributed by atoms with van der Waals surface area (Å²) in [7, 11) is 0. The van der Waals surface area contributed by atoms with Gasteiger partial charge in [0.2, 0.25) is 0 Å². The van der Waals surface area contributed by atoms with Crippen LogP contribution in [0.25, 0.3) is 22.3 Å². The van der Waals surface area contributed by atoms with E-state index >= 15 is 8.78 Å². The number of aromatic amines is 2. The third-order valence-electron chi connectivity index (χ3n) is 8.90. The lowest BCUT2D eigenvalue weighted by Gasteiger charge is -2.33. The van der Waals surface area contributed by atoms with Crippen LogP contribution >= 0.6 is 11.8 Å². The van der Waals surface area contributed by atoms with E-state index < -0.39 is 23.0 Å². The number of thioether (sulfide) groups is 1. The molecule has 1 unspecified atom stereocenters. The Morgan fingerprint density at radius 2 is 1.89 bits per heavy atom. The zero-order valence-corrected chi connectivity index (χ0v) is 26.5. The van der Waals surface area contributed by atoms with Crippen molar-refractivity contribution in [1.29, 1.82) is 0 Å².